The second-order valence-electron chi connectivity index (χ2n) is 6.39. The maximum atomic E-state index is 12.6. The predicted molar refractivity (Wildman–Crippen MR) is 95.3 cm³/mol. The van der Waals surface area contributed by atoms with E-state index in [4.69, 9.17) is 9.84 Å². The number of carboxylic acids is 1. The van der Waals surface area contributed by atoms with Crippen LogP contribution in [-0.2, 0) is 30.8 Å². The van der Waals surface area contributed by atoms with E-state index in [0.29, 0.717) is 6.54 Å². The molecule has 0 spiro atoms. The quantitative estimate of drug-likeness (QED) is 0.716. The zero-order valence-corrected chi connectivity index (χ0v) is 15.7. The minimum atomic E-state index is -3.68. The molecule has 2 rings (SSSR count). The minimum Gasteiger partial charge on any atom is -0.480 e. The molecule has 1 aliphatic rings. The zero-order valence-electron chi connectivity index (χ0n) is 14.9. The molecule has 0 aromatic heterocycles. The fraction of sp³-hybridized carbons (Fsp3) is 0.529. The third-order valence-corrected chi connectivity index (χ3v) is 5.50. The molecule has 0 aliphatic carbocycles. The number of carbonyl (C=O) groups excluding carboxylic acids is 1. The first-order valence-electron chi connectivity index (χ1n) is 8.27. The van der Waals surface area contributed by atoms with Gasteiger partial charge in [0.2, 0.25) is 15.9 Å². The van der Waals surface area contributed by atoms with Crippen LogP contribution in [0.15, 0.2) is 24.3 Å². The Morgan fingerprint density at radius 2 is 2.04 bits per heavy atom. The maximum Gasteiger partial charge on any atom is 0.318 e. The van der Waals surface area contributed by atoms with E-state index in [1.807, 2.05) is 31.2 Å². The summed E-state index contributed by atoms with van der Waals surface area (Å²) in [5.74, 6) is -1.30. The number of benzene rings is 1. The van der Waals surface area contributed by atoms with Crippen molar-refractivity contribution in [1.29, 1.82) is 0 Å². The van der Waals surface area contributed by atoms with E-state index in [1.165, 1.54) is 0 Å². The third kappa shape index (κ3) is 5.79. The van der Waals surface area contributed by atoms with Gasteiger partial charge in [0.1, 0.15) is 6.54 Å². The molecule has 1 aliphatic heterocycles. The number of morpholine rings is 1. The molecular formula is C17H24N2O6S. The first kappa shape index (κ1) is 20.3. The first-order chi connectivity index (χ1) is 12.2. The average molecular weight is 384 g/mol. The van der Waals surface area contributed by atoms with Crippen LogP contribution in [0.4, 0.5) is 0 Å². The summed E-state index contributed by atoms with van der Waals surface area (Å²) < 4.78 is 29.9. The van der Waals surface area contributed by atoms with Crippen LogP contribution in [0.3, 0.4) is 0 Å². The van der Waals surface area contributed by atoms with E-state index >= 15 is 0 Å². The van der Waals surface area contributed by atoms with Gasteiger partial charge in [-0.3, -0.25) is 9.59 Å². The Bertz CT molecular complexity index is 764. The van der Waals surface area contributed by atoms with Crippen molar-refractivity contribution in [3.05, 3.63) is 35.4 Å². The van der Waals surface area contributed by atoms with Gasteiger partial charge in [0.15, 0.2) is 0 Å². The maximum absolute atomic E-state index is 12.6. The molecule has 1 aromatic carbocycles. The Hall–Kier alpha value is -1.97. The Morgan fingerprint density at radius 1 is 1.35 bits per heavy atom. The smallest absolute Gasteiger partial charge is 0.318 e. The largest absolute Gasteiger partial charge is 0.480 e. The molecule has 0 bridgehead atoms. The van der Waals surface area contributed by atoms with Crippen LogP contribution in [0.5, 0.6) is 0 Å². The lowest BCUT2D eigenvalue weighted by molar-refractivity contribution is -0.140. The van der Waals surface area contributed by atoms with Crippen molar-refractivity contribution in [2.45, 2.75) is 19.4 Å². The van der Waals surface area contributed by atoms with Gasteiger partial charge in [0.05, 0.1) is 25.4 Å². The number of carbonyl (C=O) groups is 2. The van der Waals surface area contributed by atoms with Crippen LogP contribution < -0.4 is 0 Å². The predicted octanol–water partition coefficient (Wildman–Crippen LogP) is 0.111. The summed E-state index contributed by atoms with van der Waals surface area (Å²) in [7, 11) is -3.68. The van der Waals surface area contributed by atoms with Crippen LogP contribution in [0.1, 0.15) is 11.1 Å². The second kappa shape index (κ2) is 8.61. The van der Waals surface area contributed by atoms with Crippen molar-refractivity contribution in [2.24, 2.45) is 0 Å². The van der Waals surface area contributed by atoms with E-state index in [0.717, 1.165) is 21.7 Å². The molecule has 1 N–H and O–H groups in total. The van der Waals surface area contributed by atoms with Crippen molar-refractivity contribution >= 4 is 21.9 Å². The summed E-state index contributed by atoms with van der Waals surface area (Å²) in [4.78, 5) is 25.1. The fourth-order valence-corrected chi connectivity index (χ4v) is 3.62. The molecule has 0 saturated carbocycles. The molecule has 0 unspecified atom stereocenters. The fourth-order valence-electron chi connectivity index (χ4n) is 2.83. The highest BCUT2D eigenvalue weighted by Crippen LogP contribution is 2.13. The van der Waals surface area contributed by atoms with Gasteiger partial charge in [-0.25, -0.2) is 8.42 Å². The van der Waals surface area contributed by atoms with Crippen LogP contribution >= 0.6 is 0 Å². The van der Waals surface area contributed by atoms with Gasteiger partial charge >= 0.3 is 5.97 Å². The molecule has 144 valence electrons. The summed E-state index contributed by atoms with van der Waals surface area (Å²) in [5.41, 5.74) is 1.99. The number of ether oxygens (including phenoxy) is 1. The molecule has 1 fully saturated rings. The van der Waals surface area contributed by atoms with Crippen LogP contribution in [-0.4, -0.2) is 79.8 Å². The first-order valence-corrected chi connectivity index (χ1v) is 10.1. The van der Waals surface area contributed by atoms with Gasteiger partial charge in [-0.1, -0.05) is 24.3 Å². The molecular weight excluding hydrogens is 360 g/mol. The highest BCUT2D eigenvalue weighted by Gasteiger charge is 2.29. The molecule has 26 heavy (non-hydrogen) atoms. The third-order valence-electron chi connectivity index (χ3n) is 4.28. The molecule has 1 saturated heterocycles. The van der Waals surface area contributed by atoms with E-state index in [9.17, 15) is 18.0 Å². The Labute approximate surface area is 153 Å². The average Bonchev–Trinajstić information content (AvgIpc) is 2.55. The van der Waals surface area contributed by atoms with Gasteiger partial charge < -0.3 is 14.7 Å². The number of aryl methyl sites for hydroxylation is 1. The van der Waals surface area contributed by atoms with E-state index in [-0.39, 0.29) is 32.0 Å². The van der Waals surface area contributed by atoms with E-state index in [2.05, 4.69) is 0 Å². The lowest BCUT2D eigenvalue weighted by Gasteiger charge is -2.35. The summed E-state index contributed by atoms with van der Waals surface area (Å²) in [6.07, 6.45) is 0.670. The SMILES string of the molecule is Cc1ccccc1CC(=O)N1CCO[C@@H](CN(CC(=O)O)S(C)(=O)=O)C1. The van der Waals surface area contributed by atoms with E-state index < -0.39 is 28.6 Å². The summed E-state index contributed by atoms with van der Waals surface area (Å²) in [6.45, 7) is 2.17. The van der Waals surface area contributed by atoms with Gasteiger partial charge in [0, 0.05) is 19.6 Å². The standard InChI is InChI=1S/C17H24N2O6S/c1-13-5-3-4-6-14(13)9-16(20)18-7-8-25-15(10-18)11-19(12-17(21)22)26(2,23)24/h3-6,15H,7-12H2,1-2H3,(H,21,22)/t15-/m1/s1. The number of nitrogens with zero attached hydrogens (tertiary/aromatic N) is 2. The van der Waals surface area contributed by atoms with E-state index in [1.54, 1.807) is 4.90 Å². The molecule has 1 atom stereocenters. The van der Waals surface area contributed by atoms with Gasteiger partial charge in [0.25, 0.3) is 0 Å². The summed E-state index contributed by atoms with van der Waals surface area (Å²) >= 11 is 0. The van der Waals surface area contributed by atoms with Crippen LogP contribution in [0.25, 0.3) is 0 Å². The Morgan fingerprint density at radius 3 is 2.65 bits per heavy atom. The van der Waals surface area contributed by atoms with Crippen molar-refractivity contribution in [3.63, 3.8) is 0 Å². The molecule has 1 heterocycles. The lowest BCUT2D eigenvalue weighted by atomic mass is 10.1. The minimum absolute atomic E-state index is 0.0586. The molecule has 1 aromatic rings. The van der Waals surface area contributed by atoms with Crippen molar-refractivity contribution in [2.75, 3.05) is 39.0 Å². The molecule has 9 heteroatoms. The highest BCUT2D eigenvalue weighted by atomic mass is 32.2. The topological polar surface area (TPSA) is 104 Å². The number of hydrogen-bond acceptors (Lipinski definition) is 5. The number of amides is 1. The zero-order chi connectivity index (χ0) is 19.3. The van der Waals surface area contributed by atoms with Gasteiger partial charge in [-0.2, -0.15) is 4.31 Å². The molecule has 0 radical (unpaired) electrons. The number of aliphatic carboxylic acids is 1. The summed E-state index contributed by atoms with van der Waals surface area (Å²) in [5, 5.41) is 8.90. The second-order valence-corrected chi connectivity index (χ2v) is 8.37. The summed E-state index contributed by atoms with van der Waals surface area (Å²) in [6, 6.07) is 7.65. The van der Waals surface area contributed by atoms with Gasteiger partial charge in [-0.15, -0.1) is 0 Å². The van der Waals surface area contributed by atoms with Crippen molar-refractivity contribution in [1.82, 2.24) is 9.21 Å². The lowest BCUT2D eigenvalue weighted by Crippen LogP contribution is -2.51. The van der Waals surface area contributed by atoms with Crippen LogP contribution in [0.2, 0.25) is 0 Å². The van der Waals surface area contributed by atoms with Crippen molar-refractivity contribution in [3.8, 4) is 0 Å². The molecule has 8 nitrogen and oxygen atoms in total. The number of hydrogen-bond donors (Lipinski definition) is 1. The van der Waals surface area contributed by atoms with Crippen LogP contribution in [0, 0.1) is 6.92 Å². The Balaban J connectivity index is 2.00. The number of carboxylic acid groups (broad SMARTS) is 1. The monoisotopic (exact) mass is 384 g/mol. The highest BCUT2D eigenvalue weighted by molar-refractivity contribution is 7.88. The molecule has 1 amide bonds. The normalized spacial score (nSPS) is 18.1. The van der Waals surface area contributed by atoms with Crippen molar-refractivity contribution < 1.29 is 27.9 Å². The van der Waals surface area contributed by atoms with Gasteiger partial charge in [-0.05, 0) is 18.1 Å². The Kier molecular flexibility index (Phi) is 6.74. The number of sulfonamides is 1. The number of rotatable bonds is 7.